The number of carbonyl (C=O) groups is 1. The van der Waals surface area contributed by atoms with Gasteiger partial charge >= 0.3 is 0 Å². The second-order valence-electron chi connectivity index (χ2n) is 10.0. The largest absolute Gasteiger partial charge is 0.322 e. The maximum atomic E-state index is 12.4. The number of hydrogen-bond acceptors (Lipinski definition) is 5. The molecule has 2 aromatic heterocycles. The summed E-state index contributed by atoms with van der Waals surface area (Å²) in [4.78, 5) is 19.5. The molecule has 2 N–H and O–H groups in total. The van der Waals surface area contributed by atoms with Gasteiger partial charge in [0.15, 0.2) is 0 Å². The van der Waals surface area contributed by atoms with Crippen molar-refractivity contribution < 1.29 is 4.79 Å². The highest BCUT2D eigenvalue weighted by Gasteiger charge is 2.26. The molecule has 0 saturated carbocycles. The molecule has 1 fully saturated rings. The summed E-state index contributed by atoms with van der Waals surface area (Å²) in [5, 5.41) is 10.9. The van der Waals surface area contributed by atoms with Gasteiger partial charge in [-0.1, -0.05) is 36.4 Å². The van der Waals surface area contributed by atoms with Gasteiger partial charge in [0.05, 0.1) is 10.6 Å². The van der Waals surface area contributed by atoms with Gasteiger partial charge in [0.1, 0.15) is 5.69 Å². The van der Waals surface area contributed by atoms with E-state index in [-0.39, 0.29) is 5.91 Å². The summed E-state index contributed by atoms with van der Waals surface area (Å²) < 4.78 is 0. The Morgan fingerprint density at radius 2 is 1.95 bits per heavy atom. The van der Waals surface area contributed by atoms with Crippen LogP contribution in [0.5, 0.6) is 0 Å². The van der Waals surface area contributed by atoms with Crippen molar-refractivity contribution in [1.29, 1.82) is 0 Å². The molecule has 0 unspecified atom stereocenters. The first-order valence-electron chi connectivity index (χ1n) is 12.8. The Kier molecular flexibility index (Phi) is 6.50. The van der Waals surface area contributed by atoms with Crippen LogP contribution in [0.2, 0.25) is 0 Å². The standard InChI is InChI=1S/C30H31N5OS/c1-20-5-3-4-6-26(20)31-28(36)12-9-23-8-11-27(37-23)30-25-18-22-17-21(7-10-24(22)29(25)32-33-30)19-35-15-13-34(2)14-16-35/h3-12,17H,13-16,18-19H2,1-2H3,(H,31,36)(H,32,33). The number of fused-ring (bicyclic) bond motifs is 3. The van der Waals surface area contributed by atoms with Crippen molar-refractivity contribution in [3.8, 4) is 21.8 Å². The number of benzene rings is 2. The lowest BCUT2D eigenvalue weighted by Gasteiger charge is -2.32. The topological polar surface area (TPSA) is 64.3 Å². The van der Waals surface area contributed by atoms with Crippen molar-refractivity contribution in [2.45, 2.75) is 19.9 Å². The number of nitrogens with zero attached hydrogens (tertiary/aromatic N) is 3. The van der Waals surface area contributed by atoms with Crippen LogP contribution in [-0.4, -0.2) is 59.1 Å². The van der Waals surface area contributed by atoms with E-state index in [1.165, 1.54) is 22.3 Å². The fraction of sp³-hybridized carbons (Fsp3) is 0.267. The van der Waals surface area contributed by atoms with Gasteiger partial charge in [-0.2, -0.15) is 5.10 Å². The molecule has 188 valence electrons. The van der Waals surface area contributed by atoms with E-state index in [1.807, 2.05) is 37.3 Å². The summed E-state index contributed by atoms with van der Waals surface area (Å²) >= 11 is 1.65. The van der Waals surface area contributed by atoms with Crippen LogP contribution in [0.1, 0.15) is 27.1 Å². The highest BCUT2D eigenvalue weighted by Crippen LogP contribution is 2.42. The van der Waals surface area contributed by atoms with Gasteiger partial charge in [-0.05, 0) is 54.9 Å². The van der Waals surface area contributed by atoms with Crippen LogP contribution in [0.3, 0.4) is 0 Å². The number of hydrogen-bond donors (Lipinski definition) is 2. The van der Waals surface area contributed by atoms with E-state index in [1.54, 1.807) is 17.4 Å². The van der Waals surface area contributed by atoms with Gasteiger partial charge in [0.2, 0.25) is 5.91 Å². The van der Waals surface area contributed by atoms with Gasteiger partial charge < -0.3 is 10.2 Å². The molecule has 3 heterocycles. The number of aryl methyl sites for hydroxylation is 1. The molecule has 0 bridgehead atoms. The molecule has 6 nitrogen and oxygen atoms in total. The maximum absolute atomic E-state index is 12.4. The predicted octanol–water partition coefficient (Wildman–Crippen LogP) is 5.42. The molecule has 1 amide bonds. The van der Waals surface area contributed by atoms with E-state index in [4.69, 9.17) is 0 Å². The van der Waals surface area contributed by atoms with Crippen LogP contribution >= 0.6 is 11.3 Å². The Morgan fingerprint density at radius 3 is 2.78 bits per heavy atom. The number of H-pyrrole nitrogens is 1. The van der Waals surface area contributed by atoms with Crippen molar-refractivity contribution in [3.63, 3.8) is 0 Å². The Bertz CT molecular complexity index is 1470. The quantitative estimate of drug-likeness (QED) is 0.300. The van der Waals surface area contributed by atoms with Gasteiger partial charge in [-0.3, -0.25) is 14.8 Å². The summed E-state index contributed by atoms with van der Waals surface area (Å²) in [5.41, 5.74) is 9.32. The highest BCUT2D eigenvalue weighted by atomic mass is 32.1. The lowest BCUT2D eigenvalue weighted by atomic mass is 10.0. The van der Waals surface area contributed by atoms with E-state index in [9.17, 15) is 4.79 Å². The first-order valence-corrected chi connectivity index (χ1v) is 13.6. The number of aromatic nitrogens is 2. The molecule has 4 aromatic rings. The highest BCUT2D eigenvalue weighted by molar-refractivity contribution is 7.16. The lowest BCUT2D eigenvalue weighted by molar-refractivity contribution is -0.111. The normalized spacial score (nSPS) is 15.7. The van der Waals surface area contributed by atoms with E-state index >= 15 is 0 Å². The molecule has 1 aliphatic carbocycles. The SMILES string of the molecule is Cc1ccccc1NC(=O)C=Cc1ccc(-c2n[nH]c3c2Cc2cc(CN4CCN(C)CC4)ccc2-3)s1. The molecule has 7 heteroatoms. The third-order valence-corrected chi connectivity index (χ3v) is 8.39. The summed E-state index contributed by atoms with van der Waals surface area (Å²) in [6.45, 7) is 7.53. The van der Waals surface area contributed by atoms with Crippen molar-refractivity contribution in [3.05, 3.63) is 87.8 Å². The molecular formula is C30H31N5OS. The average molecular weight is 510 g/mol. The monoisotopic (exact) mass is 509 g/mol. The van der Waals surface area contributed by atoms with Crippen LogP contribution < -0.4 is 5.32 Å². The Hall–Kier alpha value is -3.52. The number of anilines is 1. The molecule has 2 aromatic carbocycles. The minimum atomic E-state index is -0.132. The second kappa shape index (κ2) is 10.1. The third kappa shape index (κ3) is 5.03. The minimum Gasteiger partial charge on any atom is -0.322 e. The van der Waals surface area contributed by atoms with Crippen LogP contribution in [0.15, 0.2) is 60.7 Å². The number of carbonyl (C=O) groups excluding carboxylic acids is 1. The molecule has 37 heavy (non-hydrogen) atoms. The fourth-order valence-electron chi connectivity index (χ4n) is 5.17. The summed E-state index contributed by atoms with van der Waals surface area (Å²) in [7, 11) is 2.20. The number of rotatable bonds is 6. The van der Waals surface area contributed by atoms with Crippen LogP contribution in [-0.2, 0) is 17.8 Å². The molecule has 0 radical (unpaired) electrons. The van der Waals surface area contributed by atoms with Crippen LogP contribution in [0.25, 0.3) is 27.9 Å². The second-order valence-corrected chi connectivity index (χ2v) is 11.1. The van der Waals surface area contributed by atoms with Crippen LogP contribution in [0, 0.1) is 6.92 Å². The number of aromatic amines is 1. The zero-order valence-corrected chi connectivity index (χ0v) is 22.1. The molecule has 1 aliphatic heterocycles. The van der Waals surface area contributed by atoms with Crippen molar-refractivity contribution >= 4 is 29.0 Å². The van der Waals surface area contributed by atoms with Crippen molar-refractivity contribution in [1.82, 2.24) is 20.0 Å². The summed E-state index contributed by atoms with van der Waals surface area (Å²) in [5.74, 6) is -0.132. The van der Waals surface area contributed by atoms with Gasteiger partial charge in [0, 0.05) is 66.9 Å². The minimum absolute atomic E-state index is 0.132. The number of para-hydroxylation sites is 1. The molecule has 2 aliphatic rings. The van der Waals surface area contributed by atoms with E-state index in [0.29, 0.717) is 0 Å². The number of nitrogens with one attached hydrogen (secondary N) is 2. The van der Waals surface area contributed by atoms with E-state index in [2.05, 4.69) is 62.7 Å². The zero-order valence-electron chi connectivity index (χ0n) is 21.3. The van der Waals surface area contributed by atoms with E-state index < -0.39 is 0 Å². The number of likely N-dealkylation sites (N-methyl/N-ethyl adjacent to an activating group) is 1. The smallest absolute Gasteiger partial charge is 0.248 e. The summed E-state index contributed by atoms with van der Waals surface area (Å²) in [6, 6.07) is 18.8. The molecule has 0 spiro atoms. The van der Waals surface area contributed by atoms with Crippen molar-refractivity contribution in [2.24, 2.45) is 0 Å². The van der Waals surface area contributed by atoms with Crippen molar-refractivity contribution in [2.75, 3.05) is 38.5 Å². The predicted molar refractivity (Wildman–Crippen MR) is 152 cm³/mol. The van der Waals surface area contributed by atoms with Gasteiger partial charge in [0.25, 0.3) is 0 Å². The first-order chi connectivity index (χ1) is 18.0. The fourth-order valence-corrected chi connectivity index (χ4v) is 6.10. The number of thiophene rings is 1. The average Bonchev–Trinajstić information content (AvgIpc) is 3.61. The first kappa shape index (κ1) is 23.9. The Morgan fingerprint density at radius 1 is 1.11 bits per heavy atom. The third-order valence-electron chi connectivity index (χ3n) is 7.34. The molecular weight excluding hydrogens is 478 g/mol. The van der Waals surface area contributed by atoms with Gasteiger partial charge in [-0.25, -0.2) is 0 Å². The summed E-state index contributed by atoms with van der Waals surface area (Å²) in [6.07, 6.45) is 4.36. The zero-order chi connectivity index (χ0) is 25.4. The Balaban J connectivity index is 1.14. The maximum Gasteiger partial charge on any atom is 0.248 e. The Labute approximate surface area is 221 Å². The lowest BCUT2D eigenvalue weighted by Crippen LogP contribution is -2.43. The van der Waals surface area contributed by atoms with Gasteiger partial charge in [-0.15, -0.1) is 11.3 Å². The number of amides is 1. The molecule has 1 saturated heterocycles. The number of piperazine rings is 1. The molecule has 6 rings (SSSR count). The van der Waals surface area contributed by atoms with E-state index in [0.717, 1.165) is 71.5 Å². The van der Waals surface area contributed by atoms with Crippen LogP contribution in [0.4, 0.5) is 5.69 Å². The molecule has 0 atom stereocenters.